The van der Waals surface area contributed by atoms with Gasteiger partial charge in [-0.2, -0.15) is 0 Å². The molecule has 4 aliphatic rings. The van der Waals surface area contributed by atoms with Crippen LogP contribution in [-0.4, -0.2) is 64.1 Å². The number of hydrogen-bond donors (Lipinski definition) is 1. The number of likely N-dealkylation sites (tertiary alicyclic amines) is 1. The fourth-order valence-corrected chi connectivity index (χ4v) is 9.85. The van der Waals surface area contributed by atoms with E-state index >= 15 is 0 Å². The summed E-state index contributed by atoms with van der Waals surface area (Å²) in [6, 6.07) is 12.5. The van der Waals surface area contributed by atoms with E-state index in [2.05, 4.69) is 60.6 Å². The molecule has 0 unspecified atom stereocenters. The molecule has 1 N–H and O–H groups in total. The number of piperidine rings is 1. The molecule has 1 amide bonds. The number of phenols is 1. The number of carbonyl (C=O) groups is 2. The number of nitrogens with zero attached hydrogens (tertiary/aromatic N) is 2. The molecule has 2 aliphatic heterocycles. The van der Waals surface area contributed by atoms with E-state index in [1.807, 2.05) is 6.08 Å². The Kier molecular flexibility index (Phi) is 10.8. The van der Waals surface area contributed by atoms with Gasteiger partial charge in [0, 0.05) is 54.6 Å². The van der Waals surface area contributed by atoms with Gasteiger partial charge in [-0.15, -0.1) is 6.58 Å². The van der Waals surface area contributed by atoms with Crippen LogP contribution in [0.15, 0.2) is 49.1 Å². The van der Waals surface area contributed by atoms with Crippen molar-refractivity contribution in [3.05, 3.63) is 65.7 Å². The third-order valence-electron chi connectivity index (χ3n) is 11.8. The van der Waals surface area contributed by atoms with Gasteiger partial charge < -0.3 is 19.5 Å². The van der Waals surface area contributed by atoms with Crippen LogP contribution in [0.1, 0.15) is 115 Å². The Hall–Kier alpha value is -3.32. The van der Waals surface area contributed by atoms with Gasteiger partial charge in [0.2, 0.25) is 5.91 Å². The Morgan fingerprint density at radius 1 is 1.08 bits per heavy atom. The van der Waals surface area contributed by atoms with Gasteiger partial charge in [-0.1, -0.05) is 74.9 Å². The first-order chi connectivity index (χ1) is 23.3. The number of phenolic OH excluding ortho intramolecular Hbond substituents is 1. The van der Waals surface area contributed by atoms with Crippen LogP contribution in [0, 0.1) is 5.92 Å². The quantitative estimate of drug-likeness (QED) is 0.0857. The molecule has 1 saturated heterocycles. The van der Waals surface area contributed by atoms with Gasteiger partial charge in [0.1, 0.15) is 11.9 Å². The summed E-state index contributed by atoms with van der Waals surface area (Å²) in [5, 5.41) is 11.3. The van der Waals surface area contributed by atoms with Crippen molar-refractivity contribution in [1.29, 1.82) is 0 Å². The van der Waals surface area contributed by atoms with Gasteiger partial charge in [-0.05, 0) is 76.8 Å². The van der Waals surface area contributed by atoms with Gasteiger partial charge >= 0.3 is 5.97 Å². The molecule has 1 saturated carbocycles. The lowest BCUT2D eigenvalue weighted by Gasteiger charge is -2.60. The lowest BCUT2D eigenvalue weighted by molar-refractivity contribution is -0.145. The maximum absolute atomic E-state index is 14.0. The summed E-state index contributed by atoms with van der Waals surface area (Å²) in [7, 11) is 0. The fourth-order valence-electron chi connectivity index (χ4n) is 9.85. The van der Waals surface area contributed by atoms with Crippen LogP contribution in [0.2, 0.25) is 0 Å². The molecular formula is C41H56N2O5. The number of benzene rings is 2. The van der Waals surface area contributed by atoms with Crippen LogP contribution < -0.4 is 9.47 Å². The Morgan fingerprint density at radius 3 is 2.48 bits per heavy atom. The summed E-state index contributed by atoms with van der Waals surface area (Å²) in [5.41, 5.74) is 3.04. The first-order valence-electron chi connectivity index (χ1n) is 18.7. The van der Waals surface area contributed by atoms with Gasteiger partial charge in [-0.3, -0.25) is 14.5 Å². The SMILES string of the molecule is C=CCN1CC[C@]23c4c5c(O)cc(OC(C)=O)c4O[C@H]2[C@@H](N(C(=O)CCCCCCCCCCc2ccccc2)C(C)C)CC[C@H]3[C@H]1C5. The first kappa shape index (κ1) is 34.5. The summed E-state index contributed by atoms with van der Waals surface area (Å²) < 4.78 is 12.6. The van der Waals surface area contributed by atoms with Crippen LogP contribution in [0.25, 0.3) is 0 Å². The molecule has 5 atom stereocenters. The predicted molar refractivity (Wildman–Crippen MR) is 190 cm³/mol. The van der Waals surface area contributed by atoms with E-state index in [1.165, 1.54) is 57.4 Å². The molecule has 0 aromatic heterocycles. The van der Waals surface area contributed by atoms with Gasteiger partial charge in [0.25, 0.3) is 0 Å². The van der Waals surface area contributed by atoms with Crippen molar-refractivity contribution in [2.24, 2.45) is 5.92 Å². The average Bonchev–Trinajstić information content (AvgIpc) is 3.40. The number of carbonyl (C=O) groups excluding carboxylic acids is 2. The molecule has 2 bridgehead atoms. The number of amides is 1. The lowest BCUT2D eigenvalue weighted by atomic mass is 9.50. The standard InChI is InChI=1S/C41H56N2O5/c1-5-24-42-25-23-41-32-21-22-33(40(41)48-39-36(47-29(4)44)27-35(45)31(38(39)41)26-34(32)42)43(28(2)3)37(46)20-16-11-9-7-6-8-10-13-17-30-18-14-12-15-19-30/h5,12,14-15,18-19,27-28,32-34,40,45H,1,6-11,13,16-17,20-26H2,2-4H3/t32-,33-,34+,40-,41-/m0/s1. The van der Waals surface area contributed by atoms with E-state index in [-0.39, 0.29) is 41.3 Å². The molecular weight excluding hydrogens is 600 g/mol. The van der Waals surface area contributed by atoms with Crippen molar-refractivity contribution < 1.29 is 24.2 Å². The monoisotopic (exact) mass is 656 g/mol. The second-order valence-electron chi connectivity index (χ2n) is 15.0. The van der Waals surface area contributed by atoms with Gasteiger partial charge in [0.15, 0.2) is 11.5 Å². The van der Waals surface area contributed by atoms with Crippen LogP contribution in [-0.2, 0) is 27.8 Å². The van der Waals surface area contributed by atoms with Crippen molar-refractivity contribution in [2.75, 3.05) is 13.1 Å². The molecule has 48 heavy (non-hydrogen) atoms. The zero-order valence-electron chi connectivity index (χ0n) is 29.4. The first-order valence-corrected chi connectivity index (χ1v) is 18.7. The Bertz CT molecular complexity index is 1460. The molecule has 1 spiro atoms. The molecule has 0 radical (unpaired) electrons. The van der Waals surface area contributed by atoms with Crippen LogP contribution in [0.5, 0.6) is 17.2 Å². The normalized spacial score (nSPS) is 25.3. The predicted octanol–water partition coefficient (Wildman–Crippen LogP) is 7.90. The Morgan fingerprint density at radius 2 is 1.79 bits per heavy atom. The average molecular weight is 657 g/mol. The molecule has 6 rings (SSSR count). The molecule has 2 aromatic carbocycles. The second kappa shape index (κ2) is 15.1. The molecule has 260 valence electrons. The van der Waals surface area contributed by atoms with Crippen molar-refractivity contribution in [2.45, 2.75) is 140 Å². The molecule has 7 heteroatoms. The van der Waals surface area contributed by atoms with E-state index in [0.717, 1.165) is 62.7 Å². The van der Waals surface area contributed by atoms with E-state index in [0.29, 0.717) is 23.8 Å². The highest BCUT2D eigenvalue weighted by molar-refractivity contribution is 5.77. The van der Waals surface area contributed by atoms with Crippen LogP contribution in [0.3, 0.4) is 0 Å². The fraction of sp³-hybridized carbons (Fsp3) is 0.610. The Balaban J connectivity index is 1.10. The molecule has 2 fully saturated rings. The largest absolute Gasteiger partial charge is 0.508 e. The molecule has 7 nitrogen and oxygen atoms in total. The van der Waals surface area contributed by atoms with Crippen LogP contribution in [0.4, 0.5) is 0 Å². The summed E-state index contributed by atoms with van der Waals surface area (Å²) in [6.07, 6.45) is 16.4. The maximum atomic E-state index is 14.0. The summed E-state index contributed by atoms with van der Waals surface area (Å²) in [6.45, 7) is 11.4. The summed E-state index contributed by atoms with van der Waals surface area (Å²) >= 11 is 0. The number of esters is 1. The minimum absolute atomic E-state index is 0.0414. The number of aryl methyl sites for hydroxylation is 1. The number of hydrogen-bond acceptors (Lipinski definition) is 6. The minimum atomic E-state index is -0.439. The molecule has 2 aromatic rings. The second-order valence-corrected chi connectivity index (χ2v) is 15.0. The zero-order valence-corrected chi connectivity index (χ0v) is 29.4. The number of unbranched alkanes of at least 4 members (excludes halogenated alkanes) is 7. The van der Waals surface area contributed by atoms with Gasteiger partial charge in [0.05, 0.1) is 6.04 Å². The van der Waals surface area contributed by atoms with Gasteiger partial charge in [-0.25, -0.2) is 0 Å². The zero-order chi connectivity index (χ0) is 33.8. The van der Waals surface area contributed by atoms with Crippen molar-refractivity contribution >= 4 is 11.9 Å². The summed E-state index contributed by atoms with van der Waals surface area (Å²) in [4.78, 5) is 30.8. The smallest absolute Gasteiger partial charge is 0.308 e. The highest BCUT2D eigenvalue weighted by Gasteiger charge is 2.67. The van der Waals surface area contributed by atoms with E-state index in [9.17, 15) is 14.7 Å². The van der Waals surface area contributed by atoms with Crippen molar-refractivity contribution in [3.63, 3.8) is 0 Å². The van der Waals surface area contributed by atoms with E-state index < -0.39 is 5.97 Å². The Labute approximate surface area is 287 Å². The number of rotatable bonds is 16. The lowest BCUT2D eigenvalue weighted by Crippen LogP contribution is -2.69. The van der Waals surface area contributed by atoms with E-state index in [4.69, 9.17) is 9.47 Å². The number of aromatic hydroxyl groups is 1. The van der Waals surface area contributed by atoms with Crippen molar-refractivity contribution in [3.8, 4) is 17.2 Å². The minimum Gasteiger partial charge on any atom is -0.508 e. The maximum Gasteiger partial charge on any atom is 0.308 e. The molecule has 2 heterocycles. The molecule has 2 aliphatic carbocycles. The van der Waals surface area contributed by atoms with E-state index in [1.54, 1.807) is 6.07 Å². The van der Waals surface area contributed by atoms with Crippen molar-refractivity contribution in [1.82, 2.24) is 9.80 Å². The summed E-state index contributed by atoms with van der Waals surface area (Å²) in [5.74, 6) is 1.17. The number of ether oxygens (including phenoxy) is 2. The van der Waals surface area contributed by atoms with Crippen LogP contribution >= 0.6 is 0 Å². The third kappa shape index (κ3) is 6.64. The topological polar surface area (TPSA) is 79.3 Å². The third-order valence-corrected chi connectivity index (χ3v) is 11.8. The highest BCUT2D eigenvalue weighted by atomic mass is 16.6. The highest BCUT2D eigenvalue weighted by Crippen LogP contribution is 2.65.